The van der Waals surface area contributed by atoms with Gasteiger partial charge in [0.1, 0.15) is 23.3 Å². The Morgan fingerprint density at radius 1 is 1.18 bits per heavy atom. The molecule has 0 bridgehead atoms. The van der Waals surface area contributed by atoms with Gasteiger partial charge in [0.05, 0.1) is 5.41 Å². The second-order valence-corrected chi connectivity index (χ2v) is 10.5. The van der Waals surface area contributed by atoms with E-state index in [0.717, 1.165) is 30.6 Å². The molecule has 4 rings (SSSR count). The van der Waals surface area contributed by atoms with E-state index in [1.165, 1.54) is 0 Å². The van der Waals surface area contributed by atoms with E-state index < -0.39 is 29.1 Å². The van der Waals surface area contributed by atoms with Crippen LogP contribution in [0.1, 0.15) is 64.5 Å². The van der Waals surface area contributed by atoms with E-state index >= 15 is 0 Å². The molecule has 1 aromatic rings. The number of rotatable bonds is 6. The standard InChI is InChI=1S/C26H37N3O5/c1-6-24(3,27)22(30)32-17-10-11-26-12-13-29(5)15-16-8-9-18(33-23(31)25(4,28)7-2)21(20(16)26)34-19(26)14-17/h8-11,17,19H,6-7,12-15,27-28H2,1-5H3. The third kappa shape index (κ3) is 4.12. The molecule has 1 spiro atoms. The maximum absolute atomic E-state index is 12.7. The van der Waals surface area contributed by atoms with Crippen LogP contribution < -0.4 is 20.9 Å². The molecule has 8 nitrogen and oxygen atoms in total. The van der Waals surface area contributed by atoms with Crippen LogP contribution in [0.4, 0.5) is 0 Å². The van der Waals surface area contributed by atoms with Crippen LogP contribution in [0.5, 0.6) is 11.5 Å². The summed E-state index contributed by atoms with van der Waals surface area (Å²) in [6.07, 6.45) is 5.68. The normalized spacial score (nSPS) is 29.0. The van der Waals surface area contributed by atoms with E-state index in [9.17, 15) is 9.59 Å². The van der Waals surface area contributed by atoms with Crippen molar-refractivity contribution in [2.24, 2.45) is 11.5 Å². The highest BCUT2D eigenvalue weighted by Gasteiger charge is 2.53. The first-order valence-corrected chi connectivity index (χ1v) is 12.2. The van der Waals surface area contributed by atoms with Crippen molar-refractivity contribution in [2.45, 2.75) is 88.6 Å². The molecule has 0 aromatic heterocycles. The first-order valence-electron chi connectivity index (χ1n) is 12.2. The Bertz CT molecular complexity index is 1020. The van der Waals surface area contributed by atoms with Crippen LogP contribution in [0.25, 0.3) is 0 Å². The molecule has 8 heteroatoms. The van der Waals surface area contributed by atoms with Gasteiger partial charge in [-0.25, -0.2) is 4.79 Å². The van der Waals surface area contributed by atoms with Crippen LogP contribution in [-0.2, 0) is 26.3 Å². The highest BCUT2D eigenvalue weighted by atomic mass is 16.6. The van der Waals surface area contributed by atoms with Crippen LogP contribution in [0.3, 0.4) is 0 Å². The Hall–Kier alpha value is -2.42. The summed E-state index contributed by atoms with van der Waals surface area (Å²) in [6.45, 7) is 8.71. The average molecular weight is 472 g/mol. The molecule has 1 aromatic carbocycles. The number of hydrogen-bond acceptors (Lipinski definition) is 8. The Kier molecular flexibility index (Phi) is 6.29. The van der Waals surface area contributed by atoms with Gasteiger partial charge in [0.2, 0.25) is 0 Å². The average Bonchev–Trinajstić information content (AvgIpc) is 3.06. The Morgan fingerprint density at radius 3 is 2.53 bits per heavy atom. The second-order valence-electron chi connectivity index (χ2n) is 10.5. The lowest BCUT2D eigenvalue weighted by Crippen LogP contribution is -2.49. The molecule has 186 valence electrons. The quantitative estimate of drug-likeness (QED) is 0.369. The van der Waals surface area contributed by atoms with Crippen molar-refractivity contribution in [1.82, 2.24) is 4.90 Å². The number of carbonyl (C=O) groups excluding carboxylic acids is 2. The molecule has 0 radical (unpaired) electrons. The lowest BCUT2D eigenvalue weighted by Gasteiger charge is -2.37. The van der Waals surface area contributed by atoms with E-state index in [-0.39, 0.29) is 11.5 Å². The number of carbonyl (C=O) groups is 2. The van der Waals surface area contributed by atoms with E-state index in [0.29, 0.717) is 30.8 Å². The number of benzene rings is 1. The molecule has 0 amide bonds. The maximum Gasteiger partial charge on any atom is 0.331 e. The predicted molar refractivity (Wildman–Crippen MR) is 129 cm³/mol. The van der Waals surface area contributed by atoms with Gasteiger partial charge in [0.15, 0.2) is 11.5 Å². The largest absolute Gasteiger partial charge is 0.485 e. The Morgan fingerprint density at radius 2 is 1.85 bits per heavy atom. The van der Waals surface area contributed by atoms with Gasteiger partial charge in [-0.15, -0.1) is 0 Å². The molecule has 2 heterocycles. The number of nitrogens with two attached hydrogens (primary N) is 2. The zero-order valence-corrected chi connectivity index (χ0v) is 20.8. The van der Waals surface area contributed by atoms with E-state index in [1.54, 1.807) is 19.9 Å². The molecule has 0 saturated heterocycles. The summed E-state index contributed by atoms with van der Waals surface area (Å²) in [7, 11) is 2.10. The fraction of sp³-hybridized carbons (Fsp3) is 0.615. The monoisotopic (exact) mass is 471 g/mol. The number of ether oxygens (including phenoxy) is 3. The summed E-state index contributed by atoms with van der Waals surface area (Å²) in [5.74, 6) is 0.0592. The lowest BCUT2D eigenvalue weighted by atomic mass is 9.69. The number of esters is 2. The van der Waals surface area contributed by atoms with Crippen molar-refractivity contribution >= 4 is 11.9 Å². The van der Waals surface area contributed by atoms with Crippen molar-refractivity contribution in [3.63, 3.8) is 0 Å². The minimum atomic E-state index is -1.09. The van der Waals surface area contributed by atoms with Gasteiger partial charge >= 0.3 is 11.9 Å². The number of nitrogens with zero attached hydrogens (tertiary/aromatic N) is 1. The van der Waals surface area contributed by atoms with Crippen LogP contribution >= 0.6 is 0 Å². The summed E-state index contributed by atoms with van der Waals surface area (Å²) >= 11 is 0. The molecule has 0 fully saturated rings. The zero-order chi connectivity index (χ0) is 24.9. The fourth-order valence-corrected chi connectivity index (χ4v) is 4.85. The predicted octanol–water partition coefficient (Wildman–Crippen LogP) is 2.55. The van der Waals surface area contributed by atoms with Crippen molar-refractivity contribution in [3.05, 3.63) is 35.4 Å². The fourth-order valence-electron chi connectivity index (χ4n) is 4.85. The molecule has 2 aliphatic heterocycles. The van der Waals surface area contributed by atoms with Gasteiger partial charge in [-0.05, 0) is 64.4 Å². The van der Waals surface area contributed by atoms with Crippen LogP contribution in [0.2, 0.25) is 0 Å². The SMILES string of the molecule is CCC(C)(N)C(=O)Oc1ccc2c3c1OC1CC(OC(=O)C(C)(N)CC)C=CC31CCN(C)C2. The lowest BCUT2D eigenvalue weighted by molar-refractivity contribution is -0.154. The molecule has 0 saturated carbocycles. The third-order valence-electron chi connectivity index (χ3n) is 7.77. The van der Waals surface area contributed by atoms with Crippen molar-refractivity contribution in [2.75, 3.05) is 13.6 Å². The van der Waals surface area contributed by atoms with Crippen molar-refractivity contribution < 1.29 is 23.8 Å². The summed E-state index contributed by atoms with van der Waals surface area (Å²) in [5.41, 5.74) is 11.9. The van der Waals surface area contributed by atoms with Crippen molar-refractivity contribution in [3.8, 4) is 11.5 Å². The van der Waals surface area contributed by atoms with Crippen molar-refractivity contribution in [1.29, 1.82) is 0 Å². The highest BCUT2D eigenvalue weighted by Crippen LogP contribution is 2.56. The molecule has 5 atom stereocenters. The zero-order valence-electron chi connectivity index (χ0n) is 20.8. The highest BCUT2D eigenvalue weighted by molar-refractivity contribution is 5.83. The number of hydrogen-bond donors (Lipinski definition) is 2. The van der Waals surface area contributed by atoms with Crippen LogP contribution in [0.15, 0.2) is 24.3 Å². The summed E-state index contributed by atoms with van der Waals surface area (Å²) in [5, 5.41) is 0. The summed E-state index contributed by atoms with van der Waals surface area (Å²) in [6, 6.07) is 3.81. The van der Waals surface area contributed by atoms with Gasteiger partial charge < -0.3 is 30.6 Å². The van der Waals surface area contributed by atoms with Gasteiger partial charge in [-0.1, -0.05) is 26.0 Å². The van der Waals surface area contributed by atoms with Gasteiger partial charge in [-0.2, -0.15) is 0 Å². The maximum atomic E-state index is 12.7. The molecule has 3 aliphatic rings. The first-order chi connectivity index (χ1) is 15.9. The molecule has 4 N–H and O–H groups in total. The Labute approximate surface area is 201 Å². The smallest absolute Gasteiger partial charge is 0.331 e. The van der Waals surface area contributed by atoms with Gasteiger partial charge in [0.25, 0.3) is 0 Å². The van der Waals surface area contributed by atoms with Crippen LogP contribution in [0, 0.1) is 0 Å². The van der Waals surface area contributed by atoms with Crippen LogP contribution in [-0.4, -0.2) is 53.7 Å². The first kappa shape index (κ1) is 24.7. The van der Waals surface area contributed by atoms with Gasteiger partial charge in [0, 0.05) is 18.5 Å². The third-order valence-corrected chi connectivity index (χ3v) is 7.77. The summed E-state index contributed by atoms with van der Waals surface area (Å²) < 4.78 is 18.0. The van der Waals surface area contributed by atoms with E-state index in [1.807, 2.05) is 26.0 Å². The molecule has 5 unspecified atom stereocenters. The molecular formula is C26H37N3O5. The Balaban J connectivity index is 1.69. The van der Waals surface area contributed by atoms with E-state index in [2.05, 4.69) is 18.0 Å². The molecule has 1 aliphatic carbocycles. The summed E-state index contributed by atoms with van der Waals surface area (Å²) in [4.78, 5) is 27.6. The minimum absolute atomic E-state index is 0.253. The van der Waals surface area contributed by atoms with Gasteiger partial charge in [-0.3, -0.25) is 4.79 Å². The topological polar surface area (TPSA) is 117 Å². The molecular weight excluding hydrogens is 434 g/mol. The minimum Gasteiger partial charge on any atom is -0.485 e. The second kappa shape index (κ2) is 8.66. The van der Waals surface area contributed by atoms with E-state index in [4.69, 9.17) is 25.7 Å². The molecule has 34 heavy (non-hydrogen) atoms.